The smallest absolute Gasteiger partial charge is 0.252 e. The molecule has 0 spiro atoms. The molecule has 4 aromatic rings. The molecule has 1 saturated heterocycles. The number of imidazole rings is 1. The van der Waals surface area contributed by atoms with Gasteiger partial charge in [-0.05, 0) is 53.1 Å². The molecule has 1 atom stereocenters. The van der Waals surface area contributed by atoms with Crippen LogP contribution < -0.4 is 4.74 Å². The number of carbonyl (C=O) groups is 1. The molecule has 178 valence electrons. The van der Waals surface area contributed by atoms with Crippen molar-refractivity contribution in [3.05, 3.63) is 102 Å². The van der Waals surface area contributed by atoms with E-state index in [0.29, 0.717) is 31.1 Å². The molecule has 2 heterocycles. The summed E-state index contributed by atoms with van der Waals surface area (Å²) >= 11 is 6.03. The van der Waals surface area contributed by atoms with Gasteiger partial charge in [-0.15, -0.1) is 0 Å². The fourth-order valence-electron chi connectivity index (χ4n) is 4.23. The highest BCUT2D eigenvalue weighted by Gasteiger charge is 2.30. The van der Waals surface area contributed by atoms with Gasteiger partial charge in [-0.1, -0.05) is 48.0 Å². The fourth-order valence-corrected chi connectivity index (χ4v) is 4.36. The Bertz CT molecular complexity index is 1300. The topological polar surface area (TPSA) is 56.6 Å². The number of aromatic nitrogens is 2. The molecular weight excluding hydrogens is 462 g/mol. The lowest BCUT2D eigenvalue weighted by Crippen LogP contribution is -2.48. The third-order valence-electron chi connectivity index (χ3n) is 6.15. The van der Waals surface area contributed by atoms with Gasteiger partial charge in [0.1, 0.15) is 11.9 Å². The fraction of sp³-hybridized carbons (Fsp3) is 0.214. The van der Waals surface area contributed by atoms with E-state index in [1.54, 1.807) is 13.4 Å². The minimum absolute atomic E-state index is 0.00801. The number of carbonyl (C=O) groups excluding carboxylic acids is 1. The van der Waals surface area contributed by atoms with Gasteiger partial charge < -0.3 is 18.9 Å². The van der Waals surface area contributed by atoms with Crippen molar-refractivity contribution in [1.82, 2.24) is 14.5 Å². The molecule has 0 unspecified atom stereocenters. The van der Waals surface area contributed by atoms with E-state index in [0.717, 1.165) is 33.8 Å². The van der Waals surface area contributed by atoms with Crippen molar-refractivity contribution in [2.45, 2.75) is 19.1 Å². The van der Waals surface area contributed by atoms with Gasteiger partial charge in [-0.3, -0.25) is 4.79 Å². The van der Waals surface area contributed by atoms with Gasteiger partial charge in [-0.2, -0.15) is 0 Å². The summed E-state index contributed by atoms with van der Waals surface area (Å²) in [7, 11) is 1.64. The van der Waals surface area contributed by atoms with E-state index in [4.69, 9.17) is 21.1 Å². The number of benzene rings is 3. The van der Waals surface area contributed by atoms with Crippen molar-refractivity contribution in [3.63, 3.8) is 0 Å². The summed E-state index contributed by atoms with van der Waals surface area (Å²) in [5, 5.41) is 0.714. The monoisotopic (exact) mass is 487 g/mol. The lowest BCUT2D eigenvalue weighted by Gasteiger charge is -2.32. The van der Waals surface area contributed by atoms with Crippen LogP contribution in [0.15, 0.2) is 85.3 Å². The molecule has 0 N–H and O–H groups in total. The van der Waals surface area contributed by atoms with Crippen LogP contribution in [0.3, 0.4) is 0 Å². The summed E-state index contributed by atoms with van der Waals surface area (Å²) in [4.78, 5) is 19.5. The lowest BCUT2D eigenvalue weighted by atomic mass is 10.1. The predicted octanol–water partition coefficient (Wildman–Crippen LogP) is 5.17. The molecule has 6 nitrogen and oxygen atoms in total. The van der Waals surface area contributed by atoms with Crippen LogP contribution in [0.25, 0.3) is 16.8 Å². The number of nitrogens with zero attached hydrogens (tertiary/aromatic N) is 3. The Morgan fingerprint density at radius 2 is 1.86 bits per heavy atom. The molecule has 0 aliphatic carbocycles. The standard InChI is InChI=1S/C28H26ClN3O3/c1-34-26-11-5-20(6-12-26)17-31-13-14-35-27(28(31)33)16-24-18-32(19-30-24)25-4-2-3-22(15-25)21-7-9-23(29)10-8-21/h2-12,15,18-19,27H,13-14,16-17H2,1H3/t27-/m0/s1. The van der Waals surface area contributed by atoms with Crippen molar-refractivity contribution in [2.24, 2.45) is 0 Å². The number of hydrogen-bond acceptors (Lipinski definition) is 4. The van der Waals surface area contributed by atoms with Crippen LogP contribution >= 0.6 is 11.6 Å². The van der Waals surface area contributed by atoms with Crippen LogP contribution in [0.5, 0.6) is 5.75 Å². The molecule has 7 heteroatoms. The molecule has 1 aromatic heterocycles. The Morgan fingerprint density at radius 3 is 2.63 bits per heavy atom. The van der Waals surface area contributed by atoms with E-state index >= 15 is 0 Å². The van der Waals surface area contributed by atoms with Crippen molar-refractivity contribution >= 4 is 17.5 Å². The lowest BCUT2D eigenvalue weighted by molar-refractivity contribution is -0.153. The molecule has 1 fully saturated rings. The third kappa shape index (κ3) is 5.39. The summed E-state index contributed by atoms with van der Waals surface area (Å²) in [5.74, 6) is 0.792. The SMILES string of the molecule is COc1ccc(CN2CCO[C@@H](Cc3cn(-c4cccc(-c5ccc(Cl)cc5)c4)cn3)C2=O)cc1. The number of morpholine rings is 1. The minimum atomic E-state index is -0.536. The molecule has 35 heavy (non-hydrogen) atoms. The Kier molecular flexibility index (Phi) is 6.84. The number of ether oxygens (including phenoxy) is 2. The number of amides is 1. The summed E-state index contributed by atoms with van der Waals surface area (Å²) in [6.07, 6.45) is 3.63. The highest BCUT2D eigenvalue weighted by Crippen LogP contribution is 2.24. The van der Waals surface area contributed by atoms with E-state index in [2.05, 4.69) is 17.1 Å². The third-order valence-corrected chi connectivity index (χ3v) is 6.40. The molecule has 3 aromatic carbocycles. The average molecular weight is 488 g/mol. The zero-order chi connectivity index (χ0) is 24.2. The highest BCUT2D eigenvalue weighted by atomic mass is 35.5. The first-order valence-corrected chi connectivity index (χ1v) is 11.9. The molecule has 0 saturated carbocycles. The normalized spacial score (nSPS) is 15.9. The number of hydrogen-bond donors (Lipinski definition) is 0. The Morgan fingerprint density at radius 1 is 1.06 bits per heavy atom. The first-order chi connectivity index (χ1) is 17.1. The Hall–Kier alpha value is -3.61. The molecule has 1 aliphatic heterocycles. The van der Waals surface area contributed by atoms with Gasteiger partial charge in [-0.25, -0.2) is 4.98 Å². The zero-order valence-corrected chi connectivity index (χ0v) is 20.2. The highest BCUT2D eigenvalue weighted by molar-refractivity contribution is 6.30. The first-order valence-electron chi connectivity index (χ1n) is 11.5. The van der Waals surface area contributed by atoms with Crippen LogP contribution in [0.2, 0.25) is 5.02 Å². The molecule has 5 rings (SSSR count). The molecule has 0 bridgehead atoms. The largest absolute Gasteiger partial charge is 0.497 e. The van der Waals surface area contributed by atoms with Crippen LogP contribution in [0, 0.1) is 0 Å². The van der Waals surface area contributed by atoms with Gasteiger partial charge in [0, 0.05) is 36.4 Å². The van der Waals surface area contributed by atoms with Crippen molar-refractivity contribution < 1.29 is 14.3 Å². The Balaban J connectivity index is 1.26. The first kappa shape index (κ1) is 23.1. The van der Waals surface area contributed by atoms with Gasteiger partial charge in [0.2, 0.25) is 0 Å². The number of methoxy groups -OCH3 is 1. The molecular formula is C28H26ClN3O3. The predicted molar refractivity (Wildman–Crippen MR) is 136 cm³/mol. The van der Waals surface area contributed by atoms with E-state index in [9.17, 15) is 4.79 Å². The second-order valence-corrected chi connectivity index (χ2v) is 8.94. The van der Waals surface area contributed by atoms with E-state index in [1.807, 2.05) is 76.3 Å². The Labute approximate surface area is 209 Å². The molecule has 1 aliphatic rings. The second kappa shape index (κ2) is 10.3. The summed E-state index contributed by atoms with van der Waals surface area (Å²) in [6, 6.07) is 23.8. The average Bonchev–Trinajstić information content (AvgIpc) is 3.36. The minimum Gasteiger partial charge on any atom is -0.497 e. The van der Waals surface area contributed by atoms with Crippen LogP contribution in [0.4, 0.5) is 0 Å². The summed E-state index contributed by atoms with van der Waals surface area (Å²) in [6.45, 7) is 1.64. The van der Waals surface area contributed by atoms with E-state index in [-0.39, 0.29) is 5.91 Å². The molecule has 1 amide bonds. The van der Waals surface area contributed by atoms with Crippen molar-refractivity contribution in [2.75, 3.05) is 20.3 Å². The molecule has 0 radical (unpaired) electrons. The summed E-state index contributed by atoms with van der Waals surface area (Å²) in [5.41, 5.74) is 5.05. The van der Waals surface area contributed by atoms with E-state index < -0.39 is 6.10 Å². The zero-order valence-electron chi connectivity index (χ0n) is 19.4. The van der Waals surface area contributed by atoms with Crippen LogP contribution in [-0.2, 0) is 22.5 Å². The quantitative estimate of drug-likeness (QED) is 0.361. The maximum absolute atomic E-state index is 13.1. The van der Waals surface area contributed by atoms with Gasteiger partial charge in [0.05, 0.1) is 25.7 Å². The second-order valence-electron chi connectivity index (χ2n) is 8.50. The summed E-state index contributed by atoms with van der Waals surface area (Å²) < 4.78 is 13.0. The maximum Gasteiger partial charge on any atom is 0.252 e. The van der Waals surface area contributed by atoms with Crippen molar-refractivity contribution in [1.29, 1.82) is 0 Å². The van der Waals surface area contributed by atoms with Gasteiger partial charge >= 0.3 is 0 Å². The van der Waals surface area contributed by atoms with Gasteiger partial charge in [0.15, 0.2) is 0 Å². The maximum atomic E-state index is 13.1. The number of rotatable bonds is 7. The van der Waals surface area contributed by atoms with Gasteiger partial charge in [0.25, 0.3) is 5.91 Å². The van der Waals surface area contributed by atoms with Crippen molar-refractivity contribution in [3.8, 4) is 22.6 Å². The number of halogens is 1. The van der Waals surface area contributed by atoms with E-state index in [1.165, 1.54) is 0 Å². The van der Waals surface area contributed by atoms with Crippen LogP contribution in [-0.4, -0.2) is 46.7 Å². The van der Waals surface area contributed by atoms with Crippen LogP contribution in [0.1, 0.15) is 11.3 Å².